The van der Waals surface area contributed by atoms with Crippen molar-refractivity contribution in [1.82, 2.24) is 19.7 Å². The summed E-state index contributed by atoms with van der Waals surface area (Å²) in [6.07, 6.45) is 22.9. The predicted octanol–water partition coefficient (Wildman–Crippen LogP) is 31.4. The maximum Gasteiger partial charge on any atom is 0.190 e. The molecule has 0 unspecified atom stereocenters. The van der Waals surface area contributed by atoms with Crippen LogP contribution in [0.1, 0.15) is 313 Å². The normalized spacial score (nSPS) is 10.7. The molecular weight excluding hydrogens is 1260 g/mol. The summed E-state index contributed by atoms with van der Waals surface area (Å²) in [6, 6.07) is 50.3. The minimum absolute atomic E-state index is 0. The Hall–Kier alpha value is -6.55. The third-order valence-electron chi connectivity index (χ3n) is 12.5. The van der Waals surface area contributed by atoms with Crippen molar-refractivity contribution >= 4 is 60.5 Å². The molecule has 2 aliphatic carbocycles. The molecule has 0 atom stereocenters. The second kappa shape index (κ2) is 94.5. The van der Waals surface area contributed by atoms with E-state index in [4.69, 9.17) is 4.42 Å². The van der Waals surface area contributed by atoms with Crippen LogP contribution in [0.2, 0.25) is 0 Å². The Bertz CT molecular complexity index is 2780. The van der Waals surface area contributed by atoms with Gasteiger partial charge < -0.3 is 4.42 Å². The molecule has 0 saturated carbocycles. The molecule has 5 aromatic carbocycles. The molecule has 0 fully saturated rings. The molecule has 0 bridgehead atoms. The number of benzene rings is 5. The van der Waals surface area contributed by atoms with Crippen LogP contribution >= 0.6 is 22.7 Å². The zero-order valence-electron chi connectivity index (χ0n) is 69.2. The van der Waals surface area contributed by atoms with Gasteiger partial charge in [0.25, 0.3) is 0 Å². The summed E-state index contributed by atoms with van der Waals surface area (Å²) in [5, 5.41) is 13.0. The van der Waals surface area contributed by atoms with Gasteiger partial charge in [0.15, 0.2) is 18.7 Å². The largest absolute Gasteiger partial charge is 0.448 e. The molecule has 5 aliphatic rings. The molecule has 9 heteroatoms. The molecular formula is C91H161N6OS2+. The summed E-state index contributed by atoms with van der Waals surface area (Å²) in [4.78, 5) is 8.14. The number of oxazole rings is 1. The van der Waals surface area contributed by atoms with Crippen molar-refractivity contribution < 1.29 is 9.10 Å². The SMILES string of the molecule is C.C.C1=N[N+]2=C(C1)CCC2.C=C(C)c1ccccc1.CC.CC.CC.CC.CC.CC.CC.CC.CC.CC.CC.CC.CC.CC.CCc1ccccc1.c1cc2n(n1)CCCC2.c1cc2ncsc2s1.c1ccc2c(c1)CCCC2.c1ccc2ccccc2c1.c1nc2c(o1)CCC2. The Kier molecular flexibility index (Phi) is 108. The van der Waals surface area contributed by atoms with E-state index in [0.29, 0.717) is 0 Å². The van der Waals surface area contributed by atoms with Gasteiger partial charge >= 0.3 is 0 Å². The fourth-order valence-corrected chi connectivity index (χ4v) is 10.2. The number of aryl methyl sites for hydroxylation is 7. The van der Waals surface area contributed by atoms with Gasteiger partial charge in [-0.3, -0.25) is 4.68 Å². The van der Waals surface area contributed by atoms with Crippen molar-refractivity contribution in [2.24, 2.45) is 5.10 Å². The summed E-state index contributed by atoms with van der Waals surface area (Å²) in [5.41, 5.74) is 14.0. The smallest absolute Gasteiger partial charge is 0.190 e. The first-order chi connectivity index (χ1) is 48.5. The van der Waals surface area contributed by atoms with E-state index < -0.39 is 0 Å². The maximum absolute atomic E-state index is 5.06. The molecule has 0 radical (unpaired) electrons. The lowest BCUT2D eigenvalue weighted by atomic mass is 9.92. The molecule has 0 saturated heterocycles. The number of hydrogen-bond acceptors (Lipinski definition) is 7. The van der Waals surface area contributed by atoms with Crippen molar-refractivity contribution in [3.8, 4) is 0 Å². The van der Waals surface area contributed by atoms with Crippen LogP contribution in [0.15, 0.2) is 185 Å². The molecule has 7 nitrogen and oxygen atoms in total. The van der Waals surface area contributed by atoms with Gasteiger partial charge in [0.1, 0.15) is 9.77 Å². The lowest BCUT2D eigenvalue weighted by Gasteiger charge is -2.13. The van der Waals surface area contributed by atoms with E-state index in [1.807, 2.05) is 249 Å². The van der Waals surface area contributed by atoms with E-state index in [-0.39, 0.29) is 14.9 Å². The number of hydrogen-bond donors (Lipinski definition) is 0. The zero-order valence-corrected chi connectivity index (χ0v) is 70.8. The van der Waals surface area contributed by atoms with E-state index in [2.05, 4.69) is 164 Å². The van der Waals surface area contributed by atoms with Crippen molar-refractivity contribution in [1.29, 1.82) is 0 Å². The highest BCUT2D eigenvalue weighted by molar-refractivity contribution is 7.36. The Morgan fingerprint density at radius 1 is 0.480 bits per heavy atom. The van der Waals surface area contributed by atoms with Gasteiger partial charge in [0.05, 0.1) is 29.4 Å². The second-order valence-electron chi connectivity index (χ2n) is 17.6. The van der Waals surface area contributed by atoms with E-state index in [1.54, 1.807) is 33.8 Å². The average molecular weight is 1420 g/mol. The van der Waals surface area contributed by atoms with Crippen LogP contribution in [0.3, 0.4) is 0 Å². The van der Waals surface area contributed by atoms with Crippen molar-refractivity contribution in [2.75, 3.05) is 6.54 Å². The standard InChI is InChI=1S/C10H12.C10H8.C9H10.C8H10.C7H10N2.C6H9N2.C6H7NO.C5H3NS2.14C2H6.2CH4/c2*1-2-6-10-8-4-3-7-9(10)5-1;1-8(2)9-6-4-3-5-7-9;1-2-8-6-4-3-5-7-8;1-2-6-9-7(3-1)4-5-8-9;1-2-6-3-4-7-8(6)5-1;1-2-5-6(3-1)8-4-7-5;1-2-7-5-4(1)6-3-8-5;14*1-2;;/h1-2,5-6H,3-4,7-8H2;1-8H;3-7H,1H2,2H3;3-7H,2H2,1H3;4-5H,1-3,6H2;4H,1-3,5H2;4H,1-3H2;1-3H;14*1-2H3;2*1H4/q;;;;;+1;;;;;;;;;;;;;;;;;;. The lowest BCUT2D eigenvalue weighted by molar-refractivity contribution is -0.522. The fourth-order valence-electron chi connectivity index (χ4n) is 8.62. The monoisotopic (exact) mass is 1420 g/mol. The molecule has 0 amide bonds. The Morgan fingerprint density at radius 2 is 0.940 bits per heavy atom. The van der Waals surface area contributed by atoms with Gasteiger partial charge in [-0.05, 0) is 127 Å². The van der Waals surface area contributed by atoms with Crippen LogP contribution in [0.5, 0.6) is 0 Å². The molecule has 0 spiro atoms. The number of hydrazone groups is 1. The van der Waals surface area contributed by atoms with Crippen molar-refractivity contribution in [2.45, 2.75) is 319 Å². The van der Waals surface area contributed by atoms with Crippen LogP contribution in [0, 0.1) is 0 Å². The van der Waals surface area contributed by atoms with Crippen LogP contribution in [0.4, 0.5) is 0 Å². The fraction of sp³-hybridized carbons (Fsp3) is 0.527. The van der Waals surface area contributed by atoms with Crippen LogP contribution in [-0.2, 0) is 45.1 Å². The van der Waals surface area contributed by atoms with E-state index in [0.717, 1.165) is 55.6 Å². The maximum atomic E-state index is 5.06. The summed E-state index contributed by atoms with van der Waals surface area (Å²) in [7, 11) is 0. The lowest BCUT2D eigenvalue weighted by Crippen LogP contribution is -2.10. The van der Waals surface area contributed by atoms with Crippen molar-refractivity contribution in [3.05, 3.63) is 215 Å². The number of aromatic nitrogens is 4. The van der Waals surface area contributed by atoms with Gasteiger partial charge in [-0.25, -0.2) is 9.97 Å². The topological polar surface area (TPSA) is 72.1 Å². The number of rotatable bonds is 2. The summed E-state index contributed by atoms with van der Waals surface area (Å²) < 4.78 is 10.6. The second-order valence-corrected chi connectivity index (χ2v) is 19.7. The molecule has 7 heterocycles. The molecule has 3 aliphatic heterocycles. The highest BCUT2D eigenvalue weighted by Crippen LogP contribution is 2.23. The van der Waals surface area contributed by atoms with Gasteiger partial charge in [-0.15, -0.1) is 22.7 Å². The Morgan fingerprint density at radius 3 is 1.36 bits per heavy atom. The van der Waals surface area contributed by atoms with Gasteiger partial charge in [-0.2, -0.15) is 5.10 Å². The summed E-state index contributed by atoms with van der Waals surface area (Å²) in [5.74, 6) is 1.10. The van der Waals surface area contributed by atoms with Gasteiger partial charge in [-0.1, -0.05) is 366 Å². The molecule has 4 aromatic heterocycles. The highest BCUT2D eigenvalue weighted by Gasteiger charge is 2.25. The van der Waals surface area contributed by atoms with Crippen molar-refractivity contribution in [3.63, 3.8) is 0 Å². The average Bonchev–Trinajstić information content (AvgIpc) is 1.20. The number of thiazole rings is 1. The predicted molar refractivity (Wildman–Crippen MR) is 470 cm³/mol. The first-order valence-electron chi connectivity index (χ1n) is 39.1. The number of fused-ring (bicyclic) bond motifs is 5. The summed E-state index contributed by atoms with van der Waals surface area (Å²) >= 11 is 3.45. The molecule has 100 heavy (non-hydrogen) atoms. The molecule has 9 aromatic rings. The van der Waals surface area contributed by atoms with E-state index in [1.165, 1.54) is 114 Å². The zero-order chi connectivity index (χ0) is 76.4. The highest BCUT2D eigenvalue weighted by atomic mass is 32.2. The number of allylic oxidation sites excluding steroid dienone is 1. The molecule has 0 N–H and O–H groups in total. The number of nitrogens with zero attached hydrogens (tertiary/aromatic N) is 6. The van der Waals surface area contributed by atoms with Crippen LogP contribution < -0.4 is 0 Å². The first-order valence-corrected chi connectivity index (χ1v) is 40.9. The third kappa shape index (κ3) is 55.2. The third-order valence-corrected chi connectivity index (χ3v) is 14.5. The Labute approximate surface area is 631 Å². The summed E-state index contributed by atoms with van der Waals surface area (Å²) in [6.45, 7) is 66.3. The molecule has 572 valence electrons. The van der Waals surface area contributed by atoms with Crippen LogP contribution in [0.25, 0.3) is 25.9 Å². The van der Waals surface area contributed by atoms with Crippen LogP contribution in [-0.4, -0.2) is 42.9 Å². The molecule has 14 rings (SSSR count). The van der Waals surface area contributed by atoms with Gasteiger partial charge in [0, 0.05) is 37.7 Å². The van der Waals surface area contributed by atoms with E-state index >= 15 is 0 Å². The quantitative estimate of drug-likeness (QED) is 0.162. The van der Waals surface area contributed by atoms with Gasteiger partial charge in [0.2, 0.25) is 0 Å². The van der Waals surface area contributed by atoms with E-state index in [9.17, 15) is 0 Å². The minimum atomic E-state index is 0. The Balaban J connectivity index is -0.000000110. The first kappa shape index (κ1) is 115. The number of thiophene rings is 1. The minimum Gasteiger partial charge on any atom is -0.448 e.